The van der Waals surface area contributed by atoms with Gasteiger partial charge >= 0.3 is 0 Å². The van der Waals surface area contributed by atoms with E-state index in [0.717, 1.165) is 24.0 Å². The minimum Gasteiger partial charge on any atom is -0.494 e. The van der Waals surface area contributed by atoms with Gasteiger partial charge in [0.15, 0.2) is 5.54 Å². The van der Waals surface area contributed by atoms with Gasteiger partial charge in [-0.05, 0) is 48.2 Å². The van der Waals surface area contributed by atoms with Crippen molar-refractivity contribution in [3.63, 3.8) is 0 Å². The SMILES string of the molecule is CCCCOc1ccc(NC(=O)[C@](N)(COCc2ccccc2)C(=O)NCCc2ccccc2)cc1. The molecule has 190 valence electrons. The zero-order valence-corrected chi connectivity index (χ0v) is 20.7. The van der Waals surface area contributed by atoms with Gasteiger partial charge in [-0.1, -0.05) is 74.0 Å². The van der Waals surface area contributed by atoms with E-state index in [9.17, 15) is 9.59 Å². The quantitative estimate of drug-likeness (QED) is 0.234. The Labute approximate surface area is 213 Å². The predicted molar refractivity (Wildman–Crippen MR) is 142 cm³/mol. The van der Waals surface area contributed by atoms with Gasteiger partial charge in [0.05, 0.1) is 19.8 Å². The molecule has 7 heteroatoms. The molecule has 3 aromatic rings. The lowest BCUT2D eigenvalue weighted by atomic mass is 9.99. The van der Waals surface area contributed by atoms with E-state index >= 15 is 0 Å². The third-order valence-corrected chi connectivity index (χ3v) is 5.67. The van der Waals surface area contributed by atoms with Gasteiger partial charge in [0.1, 0.15) is 5.75 Å². The van der Waals surface area contributed by atoms with E-state index in [2.05, 4.69) is 17.6 Å². The third kappa shape index (κ3) is 8.22. The number of carbonyl (C=O) groups is 2. The van der Waals surface area contributed by atoms with Crippen LogP contribution in [0.2, 0.25) is 0 Å². The van der Waals surface area contributed by atoms with Crippen molar-refractivity contribution in [2.75, 3.05) is 25.1 Å². The largest absolute Gasteiger partial charge is 0.494 e. The molecule has 0 spiro atoms. The van der Waals surface area contributed by atoms with Crippen LogP contribution in [0, 0.1) is 0 Å². The number of nitrogens with two attached hydrogens (primary N) is 1. The predicted octanol–water partition coefficient (Wildman–Crippen LogP) is 4.08. The van der Waals surface area contributed by atoms with Crippen LogP contribution in [0.15, 0.2) is 84.9 Å². The van der Waals surface area contributed by atoms with E-state index in [1.165, 1.54) is 0 Å². The summed E-state index contributed by atoms with van der Waals surface area (Å²) in [6.07, 6.45) is 2.64. The molecule has 2 amide bonds. The van der Waals surface area contributed by atoms with Crippen LogP contribution in [-0.4, -0.2) is 37.1 Å². The standard InChI is InChI=1S/C29H35N3O4/c1-2-3-20-36-26-16-14-25(15-17-26)32-28(34)29(30,22-35-21-24-12-8-5-9-13-24)27(33)31-19-18-23-10-6-4-7-11-23/h4-17H,2-3,18-22,30H2,1H3,(H,31,33)(H,32,34)/t29-/m0/s1. The van der Waals surface area contributed by atoms with Crippen LogP contribution in [0.5, 0.6) is 5.75 Å². The Morgan fingerprint density at radius 2 is 1.50 bits per heavy atom. The molecule has 4 N–H and O–H groups in total. The lowest BCUT2D eigenvalue weighted by molar-refractivity contribution is -0.137. The van der Waals surface area contributed by atoms with Crippen LogP contribution >= 0.6 is 0 Å². The lowest BCUT2D eigenvalue weighted by Gasteiger charge is -2.27. The molecule has 7 nitrogen and oxygen atoms in total. The van der Waals surface area contributed by atoms with Gasteiger partial charge in [-0.3, -0.25) is 9.59 Å². The Morgan fingerprint density at radius 3 is 2.14 bits per heavy atom. The smallest absolute Gasteiger partial charge is 0.256 e. The second kappa shape index (κ2) is 14.0. The summed E-state index contributed by atoms with van der Waals surface area (Å²) in [4.78, 5) is 26.4. The molecule has 0 saturated heterocycles. The van der Waals surface area contributed by atoms with Gasteiger partial charge in [0.2, 0.25) is 0 Å². The fraction of sp³-hybridized carbons (Fsp3) is 0.310. The summed E-state index contributed by atoms with van der Waals surface area (Å²) in [5.41, 5.74) is 7.01. The van der Waals surface area contributed by atoms with Crippen LogP contribution in [0.4, 0.5) is 5.69 Å². The number of rotatable bonds is 14. The molecule has 0 heterocycles. The molecule has 0 aliphatic rings. The molecule has 0 radical (unpaired) electrons. The number of amides is 2. The van der Waals surface area contributed by atoms with E-state index in [-0.39, 0.29) is 13.2 Å². The highest BCUT2D eigenvalue weighted by atomic mass is 16.5. The number of anilines is 1. The Balaban J connectivity index is 1.64. The summed E-state index contributed by atoms with van der Waals surface area (Å²) < 4.78 is 11.4. The van der Waals surface area contributed by atoms with Gasteiger partial charge in [0.25, 0.3) is 11.8 Å². The molecular formula is C29H35N3O4. The lowest BCUT2D eigenvalue weighted by Crippen LogP contribution is -2.64. The zero-order chi connectivity index (χ0) is 25.6. The second-order valence-corrected chi connectivity index (χ2v) is 8.62. The molecule has 1 atom stereocenters. The molecule has 0 aromatic heterocycles. The van der Waals surface area contributed by atoms with E-state index in [1.807, 2.05) is 60.7 Å². The Kier molecular flexibility index (Phi) is 10.5. The van der Waals surface area contributed by atoms with Crippen LogP contribution in [0.3, 0.4) is 0 Å². The number of unbranched alkanes of at least 4 members (excludes halogenated alkanes) is 1. The van der Waals surface area contributed by atoms with Crippen molar-refractivity contribution < 1.29 is 19.1 Å². The van der Waals surface area contributed by atoms with E-state index in [4.69, 9.17) is 15.2 Å². The summed E-state index contributed by atoms with van der Waals surface area (Å²) in [6.45, 7) is 3.04. The Hall–Kier alpha value is -3.68. The van der Waals surface area contributed by atoms with Crippen LogP contribution < -0.4 is 21.1 Å². The van der Waals surface area contributed by atoms with Gasteiger partial charge in [-0.15, -0.1) is 0 Å². The van der Waals surface area contributed by atoms with Crippen molar-refractivity contribution in [3.8, 4) is 5.75 Å². The minimum absolute atomic E-state index is 0.230. The average molecular weight is 490 g/mol. The molecule has 3 aromatic carbocycles. The van der Waals surface area contributed by atoms with Crippen LogP contribution in [0.1, 0.15) is 30.9 Å². The first-order valence-corrected chi connectivity index (χ1v) is 12.3. The van der Waals surface area contributed by atoms with Gasteiger partial charge in [-0.25, -0.2) is 0 Å². The van der Waals surface area contributed by atoms with Crippen LogP contribution in [0.25, 0.3) is 0 Å². The van der Waals surface area contributed by atoms with Crippen molar-refractivity contribution in [1.29, 1.82) is 0 Å². The number of benzene rings is 3. The molecule has 0 saturated carbocycles. The molecule has 0 aliphatic carbocycles. The van der Waals surface area contributed by atoms with E-state index in [1.54, 1.807) is 24.3 Å². The maximum atomic E-state index is 13.2. The summed E-state index contributed by atoms with van der Waals surface area (Å²) >= 11 is 0. The summed E-state index contributed by atoms with van der Waals surface area (Å²) in [5, 5.41) is 5.55. The fourth-order valence-electron chi connectivity index (χ4n) is 3.47. The topological polar surface area (TPSA) is 103 Å². The van der Waals surface area contributed by atoms with Crippen molar-refractivity contribution in [1.82, 2.24) is 5.32 Å². The van der Waals surface area contributed by atoms with Crippen molar-refractivity contribution >= 4 is 17.5 Å². The van der Waals surface area contributed by atoms with Crippen molar-refractivity contribution in [2.24, 2.45) is 5.73 Å². The monoisotopic (exact) mass is 489 g/mol. The normalized spacial score (nSPS) is 12.4. The average Bonchev–Trinajstić information content (AvgIpc) is 2.91. The van der Waals surface area contributed by atoms with E-state index in [0.29, 0.717) is 31.0 Å². The molecule has 0 unspecified atom stereocenters. The summed E-state index contributed by atoms with van der Waals surface area (Å²) in [5.74, 6) is -0.527. The van der Waals surface area contributed by atoms with Gasteiger partial charge in [-0.2, -0.15) is 0 Å². The maximum Gasteiger partial charge on any atom is 0.256 e. The van der Waals surface area contributed by atoms with Crippen molar-refractivity contribution in [2.45, 2.75) is 38.3 Å². The molecule has 0 fully saturated rings. The van der Waals surface area contributed by atoms with Crippen LogP contribution in [-0.2, 0) is 27.4 Å². The number of hydrogen-bond donors (Lipinski definition) is 3. The van der Waals surface area contributed by atoms with Gasteiger partial charge < -0.3 is 25.8 Å². The molecule has 36 heavy (non-hydrogen) atoms. The maximum absolute atomic E-state index is 13.2. The number of carbonyl (C=O) groups excluding carboxylic acids is 2. The number of ether oxygens (including phenoxy) is 2. The first kappa shape index (κ1) is 26.9. The second-order valence-electron chi connectivity index (χ2n) is 8.62. The number of nitrogens with one attached hydrogen (secondary N) is 2. The first-order chi connectivity index (χ1) is 17.5. The molecule has 0 aliphatic heterocycles. The highest BCUT2D eigenvalue weighted by molar-refractivity contribution is 6.14. The summed E-state index contributed by atoms with van der Waals surface area (Å²) in [6, 6.07) is 26.3. The Morgan fingerprint density at radius 1 is 0.861 bits per heavy atom. The first-order valence-electron chi connectivity index (χ1n) is 12.3. The summed E-state index contributed by atoms with van der Waals surface area (Å²) in [7, 11) is 0. The van der Waals surface area contributed by atoms with Crippen molar-refractivity contribution in [3.05, 3.63) is 96.1 Å². The zero-order valence-electron chi connectivity index (χ0n) is 20.7. The Bertz CT molecular complexity index is 1070. The minimum atomic E-state index is -1.91. The fourth-order valence-corrected chi connectivity index (χ4v) is 3.47. The molecular weight excluding hydrogens is 454 g/mol. The molecule has 3 rings (SSSR count). The highest BCUT2D eigenvalue weighted by Gasteiger charge is 2.42. The molecule has 0 bridgehead atoms. The van der Waals surface area contributed by atoms with E-state index < -0.39 is 17.4 Å². The van der Waals surface area contributed by atoms with Gasteiger partial charge in [0, 0.05) is 12.2 Å². The highest BCUT2D eigenvalue weighted by Crippen LogP contribution is 2.18. The third-order valence-electron chi connectivity index (χ3n) is 5.67. The number of hydrogen-bond acceptors (Lipinski definition) is 5.